The van der Waals surface area contributed by atoms with Gasteiger partial charge in [0.2, 0.25) is 11.8 Å². The molecule has 37 heavy (non-hydrogen) atoms. The van der Waals surface area contributed by atoms with Crippen LogP contribution < -0.4 is 0 Å². The van der Waals surface area contributed by atoms with Gasteiger partial charge in [-0.1, -0.05) is 46.3 Å². The Labute approximate surface area is 222 Å². The Morgan fingerprint density at radius 2 is 1.81 bits per heavy atom. The molecule has 0 aromatic carbocycles. The smallest absolute Gasteiger partial charge is 0.228 e. The van der Waals surface area contributed by atoms with Crippen molar-refractivity contribution in [2.75, 3.05) is 26.3 Å². The van der Waals surface area contributed by atoms with Gasteiger partial charge in [0.1, 0.15) is 6.33 Å². The summed E-state index contributed by atoms with van der Waals surface area (Å²) in [6.07, 6.45) is 11.2. The maximum Gasteiger partial charge on any atom is 0.228 e. The number of morpholine rings is 1. The molecule has 0 unspecified atom stereocenters. The van der Waals surface area contributed by atoms with Crippen LogP contribution in [0.2, 0.25) is 0 Å². The fraction of sp³-hybridized carbons (Fsp3) is 0.774. The molecule has 1 saturated heterocycles. The van der Waals surface area contributed by atoms with E-state index in [0.717, 1.165) is 37.3 Å². The zero-order valence-electron chi connectivity index (χ0n) is 23.7. The molecule has 202 valence electrons. The van der Waals surface area contributed by atoms with Gasteiger partial charge < -0.3 is 9.64 Å². The molecule has 6 rings (SSSR count). The first-order chi connectivity index (χ1) is 17.5. The van der Waals surface area contributed by atoms with E-state index in [1.165, 1.54) is 31.3 Å². The summed E-state index contributed by atoms with van der Waals surface area (Å²) in [5, 5.41) is 0. The van der Waals surface area contributed by atoms with Gasteiger partial charge in [-0.2, -0.15) is 0 Å². The molecule has 0 spiro atoms. The van der Waals surface area contributed by atoms with Crippen molar-refractivity contribution in [2.45, 2.75) is 85.5 Å². The van der Waals surface area contributed by atoms with Crippen LogP contribution in [0.25, 0.3) is 0 Å². The average Bonchev–Trinajstić information content (AvgIpc) is 3.45. The molecule has 3 fully saturated rings. The molecule has 2 heterocycles. The number of ether oxygens (including phenoxy) is 1. The van der Waals surface area contributed by atoms with Crippen LogP contribution in [0, 0.1) is 40.4 Å². The minimum atomic E-state index is -0.201. The minimum absolute atomic E-state index is 0.0471. The van der Waals surface area contributed by atoms with E-state index in [2.05, 4.69) is 45.6 Å². The van der Waals surface area contributed by atoms with Gasteiger partial charge in [0.25, 0.3) is 0 Å². The van der Waals surface area contributed by atoms with Gasteiger partial charge in [-0.3, -0.25) is 14.2 Å². The van der Waals surface area contributed by atoms with Gasteiger partial charge >= 0.3 is 0 Å². The van der Waals surface area contributed by atoms with Crippen molar-refractivity contribution in [3.8, 4) is 0 Å². The number of aromatic nitrogens is 2. The summed E-state index contributed by atoms with van der Waals surface area (Å²) in [5.41, 5.74) is 3.83. The third kappa shape index (κ3) is 3.49. The quantitative estimate of drug-likeness (QED) is 0.512. The van der Waals surface area contributed by atoms with Crippen LogP contribution in [-0.2, 0) is 21.4 Å². The van der Waals surface area contributed by atoms with Crippen LogP contribution in [0.15, 0.2) is 18.0 Å². The Morgan fingerprint density at radius 1 is 1.08 bits per heavy atom. The second-order valence-corrected chi connectivity index (χ2v) is 13.8. The first-order valence-electron chi connectivity index (χ1n) is 14.7. The molecule has 2 saturated carbocycles. The summed E-state index contributed by atoms with van der Waals surface area (Å²) in [4.78, 5) is 32.7. The number of imidazole rings is 1. The van der Waals surface area contributed by atoms with Gasteiger partial charge in [-0.15, -0.1) is 0 Å². The van der Waals surface area contributed by atoms with Gasteiger partial charge in [0.05, 0.1) is 24.6 Å². The lowest BCUT2D eigenvalue weighted by molar-refractivity contribution is -0.144. The van der Waals surface area contributed by atoms with Crippen LogP contribution in [0.3, 0.4) is 0 Å². The molecular formula is C31H45N3O3. The van der Waals surface area contributed by atoms with Crippen molar-refractivity contribution in [3.05, 3.63) is 29.4 Å². The van der Waals surface area contributed by atoms with Crippen molar-refractivity contribution >= 4 is 11.8 Å². The number of fused-ring (bicyclic) bond motifs is 6. The first kappa shape index (κ1) is 25.3. The Hall–Kier alpha value is -1.95. The molecule has 1 amide bonds. The molecule has 0 N–H and O–H groups in total. The van der Waals surface area contributed by atoms with Gasteiger partial charge in [0.15, 0.2) is 0 Å². The van der Waals surface area contributed by atoms with Crippen LogP contribution in [0.1, 0.15) is 89.8 Å². The summed E-state index contributed by atoms with van der Waals surface area (Å²) in [7, 11) is 0. The second-order valence-electron chi connectivity index (χ2n) is 13.8. The van der Waals surface area contributed by atoms with Crippen molar-refractivity contribution in [2.24, 2.45) is 40.4 Å². The lowest BCUT2D eigenvalue weighted by Crippen LogP contribution is -2.54. The maximum absolute atomic E-state index is 13.5. The molecule has 0 radical (unpaired) electrons. The van der Waals surface area contributed by atoms with Crippen molar-refractivity contribution in [3.63, 3.8) is 0 Å². The van der Waals surface area contributed by atoms with Crippen molar-refractivity contribution < 1.29 is 14.3 Å². The minimum Gasteiger partial charge on any atom is -0.378 e. The molecule has 1 aliphatic heterocycles. The summed E-state index contributed by atoms with van der Waals surface area (Å²) < 4.78 is 7.29. The molecule has 1 aromatic heterocycles. The van der Waals surface area contributed by atoms with E-state index in [0.29, 0.717) is 42.8 Å². The first-order valence-corrected chi connectivity index (χ1v) is 14.7. The molecule has 0 bridgehead atoms. The molecule has 6 heteroatoms. The van der Waals surface area contributed by atoms with Crippen LogP contribution >= 0.6 is 0 Å². The highest BCUT2D eigenvalue weighted by Gasteiger charge is 2.62. The van der Waals surface area contributed by atoms with Gasteiger partial charge in [-0.05, 0) is 66.6 Å². The van der Waals surface area contributed by atoms with Gasteiger partial charge in [-0.25, -0.2) is 4.98 Å². The Balaban J connectivity index is 1.29. The Bertz CT molecular complexity index is 1140. The third-order valence-electron chi connectivity index (χ3n) is 11.8. The van der Waals surface area contributed by atoms with E-state index >= 15 is 0 Å². The van der Waals surface area contributed by atoms with Crippen molar-refractivity contribution in [1.29, 1.82) is 0 Å². The third-order valence-corrected chi connectivity index (χ3v) is 11.8. The SMILES string of the molecule is CC(=O)n1cnc2c1C(C)(C)C1=CC[C@H]3[C@@H]4CC[C@H]([C@H](C)C(=O)N5CCOCC5)[C@@]4(C)CC[C@@H]3[C@@]1(C)C2. The number of amides is 1. The van der Waals surface area contributed by atoms with Gasteiger partial charge in [0, 0.05) is 37.8 Å². The predicted octanol–water partition coefficient (Wildman–Crippen LogP) is 5.27. The monoisotopic (exact) mass is 507 g/mol. The molecular weight excluding hydrogens is 462 g/mol. The molecule has 7 atom stereocenters. The van der Waals surface area contributed by atoms with Crippen molar-refractivity contribution in [1.82, 2.24) is 14.5 Å². The predicted molar refractivity (Wildman–Crippen MR) is 143 cm³/mol. The topological polar surface area (TPSA) is 64.4 Å². The number of carbonyl (C=O) groups is 2. The molecule has 5 aliphatic rings. The van der Waals surface area contributed by atoms with E-state index in [4.69, 9.17) is 9.72 Å². The fourth-order valence-electron chi connectivity index (χ4n) is 10.3. The summed E-state index contributed by atoms with van der Waals surface area (Å²) >= 11 is 0. The van der Waals surface area contributed by atoms with Crippen LogP contribution in [-0.4, -0.2) is 52.6 Å². The zero-order chi connectivity index (χ0) is 26.3. The molecule has 4 aliphatic carbocycles. The largest absolute Gasteiger partial charge is 0.378 e. The van der Waals surface area contributed by atoms with Crippen LogP contribution in [0.5, 0.6) is 0 Å². The highest BCUT2D eigenvalue weighted by atomic mass is 16.5. The summed E-state index contributed by atoms with van der Waals surface area (Å²) in [6.45, 7) is 16.3. The number of carbonyl (C=O) groups excluding carboxylic acids is 2. The van der Waals surface area contributed by atoms with E-state index in [9.17, 15) is 9.59 Å². The number of hydrogen-bond acceptors (Lipinski definition) is 4. The number of allylic oxidation sites excluding steroid dienone is 2. The summed E-state index contributed by atoms with van der Waals surface area (Å²) in [5.74, 6) is 2.91. The molecule has 6 nitrogen and oxygen atoms in total. The highest BCUT2D eigenvalue weighted by Crippen LogP contribution is 2.68. The molecule has 1 aromatic rings. The zero-order valence-corrected chi connectivity index (χ0v) is 23.7. The average molecular weight is 508 g/mol. The van der Waals surface area contributed by atoms with E-state index in [1.807, 2.05) is 0 Å². The highest BCUT2D eigenvalue weighted by molar-refractivity contribution is 5.79. The van der Waals surface area contributed by atoms with Crippen LogP contribution in [0.4, 0.5) is 0 Å². The normalized spacial score (nSPS) is 39.1. The van der Waals surface area contributed by atoms with E-state index in [-0.39, 0.29) is 28.1 Å². The fourth-order valence-corrected chi connectivity index (χ4v) is 10.3. The lowest BCUT2D eigenvalue weighted by Gasteiger charge is -2.60. The Kier molecular flexibility index (Phi) is 5.84. The maximum atomic E-state index is 13.5. The second kappa shape index (κ2) is 8.53. The standard InChI is InChI=1S/C31H45N3O3/c1-19(28(36)33-13-15-37-16-14-33)22-8-9-23-21-7-10-26-29(3,4)27-25(32-18-34(27)20(2)35)17-31(26,6)24(21)11-12-30(22,23)5/h10,18-19,21-24H,7-9,11-17H2,1-6H3/t19-,21-,22+,23-,24-,30+,31+/m0/s1. The number of nitrogens with zero attached hydrogens (tertiary/aromatic N) is 3. The van der Waals surface area contributed by atoms with E-state index < -0.39 is 0 Å². The summed E-state index contributed by atoms with van der Waals surface area (Å²) in [6, 6.07) is 0. The van der Waals surface area contributed by atoms with E-state index in [1.54, 1.807) is 17.8 Å². The lowest BCUT2D eigenvalue weighted by atomic mass is 9.44. The Morgan fingerprint density at radius 3 is 2.51 bits per heavy atom. The number of rotatable bonds is 2. The number of hydrogen-bond donors (Lipinski definition) is 0.